The van der Waals surface area contributed by atoms with E-state index in [0.29, 0.717) is 32.6 Å². The Hall–Kier alpha value is -0.210. The third-order valence-corrected chi connectivity index (χ3v) is 5.96. The molecule has 0 radical (unpaired) electrons. The Labute approximate surface area is 116 Å². The highest BCUT2D eigenvalue weighted by Gasteiger charge is 2.35. The van der Waals surface area contributed by atoms with Crippen LogP contribution in [0.1, 0.15) is 19.8 Å². The molecule has 7 heteroatoms. The van der Waals surface area contributed by atoms with E-state index >= 15 is 0 Å². The van der Waals surface area contributed by atoms with Gasteiger partial charge >= 0.3 is 0 Å². The molecule has 1 aliphatic rings. The van der Waals surface area contributed by atoms with Crippen molar-refractivity contribution in [1.82, 2.24) is 9.62 Å². The van der Waals surface area contributed by atoms with E-state index in [1.165, 1.54) is 4.31 Å². The van der Waals surface area contributed by atoms with E-state index in [0.717, 1.165) is 13.1 Å². The number of nitrogens with one attached hydrogen (secondary N) is 1. The lowest BCUT2D eigenvalue weighted by Gasteiger charge is -2.33. The van der Waals surface area contributed by atoms with Crippen LogP contribution >= 0.6 is 0 Å². The third kappa shape index (κ3) is 4.68. The Bertz CT molecular complexity index is 342. The molecule has 1 aliphatic heterocycles. The normalized spacial score (nSPS) is 19.8. The molecule has 1 N–H and O–H groups in total. The van der Waals surface area contributed by atoms with Gasteiger partial charge in [0.25, 0.3) is 0 Å². The Morgan fingerprint density at radius 1 is 1.26 bits per heavy atom. The van der Waals surface area contributed by atoms with Gasteiger partial charge in [-0.25, -0.2) is 8.42 Å². The molecular formula is C12H26N2O4S. The van der Waals surface area contributed by atoms with E-state index in [2.05, 4.69) is 5.32 Å². The van der Waals surface area contributed by atoms with Gasteiger partial charge in [0.15, 0.2) is 0 Å². The van der Waals surface area contributed by atoms with Gasteiger partial charge in [-0.05, 0) is 32.9 Å². The summed E-state index contributed by atoms with van der Waals surface area (Å²) in [7, 11) is -0.119. The summed E-state index contributed by atoms with van der Waals surface area (Å²) in [6.45, 7) is 4.58. The molecule has 19 heavy (non-hydrogen) atoms. The summed E-state index contributed by atoms with van der Waals surface area (Å²) < 4.78 is 37.0. The van der Waals surface area contributed by atoms with Crippen molar-refractivity contribution in [2.75, 3.05) is 47.1 Å². The van der Waals surface area contributed by atoms with Gasteiger partial charge in [-0.3, -0.25) is 0 Å². The number of ether oxygens (including phenoxy) is 2. The molecule has 0 aromatic heterocycles. The maximum absolute atomic E-state index is 12.7. The molecule has 0 bridgehead atoms. The van der Waals surface area contributed by atoms with Crippen LogP contribution in [0.2, 0.25) is 0 Å². The van der Waals surface area contributed by atoms with Crippen LogP contribution in [0.4, 0.5) is 0 Å². The molecule has 1 saturated heterocycles. The summed E-state index contributed by atoms with van der Waals surface area (Å²) in [5.74, 6) is 0. The van der Waals surface area contributed by atoms with E-state index in [4.69, 9.17) is 9.47 Å². The zero-order chi connectivity index (χ0) is 14.3. The first-order valence-electron chi connectivity index (χ1n) is 6.73. The number of sulfonamides is 1. The molecule has 0 amide bonds. The van der Waals surface area contributed by atoms with Crippen LogP contribution in [0.5, 0.6) is 0 Å². The number of nitrogens with zero attached hydrogens (tertiary/aromatic N) is 1. The van der Waals surface area contributed by atoms with Crippen LogP contribution in [-0.2, 0) is 19.5 Å². The van der Waals surface area contributed by atoms with E-state index < -0.39 is 10.0 Å². The van der Waals surface area contributed by atoms with E-state index in [1.807, 2.05) is 6.92 Å². The van der Waals surface area contributed by atoms with Gasteiger partial charge in [-0.1, -0.05) is 0 Å². The Morgan fingerprint density at radius 3 is 2.42 bits per heavy atom. The predicted molar refractivity (Wildman–Crippen MR) is 74.7 cm³/mol. The summed E-state index contributed by atoms with van der Waals surface area (Å²) in [4.78, 5) is 0. The van der Waals surface area contributed by atoms with Gasteiger partial charge in [0.1, 0.15) is 0 Å². The number of hydrogen-bond acceptors (Lipinski definition) is 5. The monoisotopic (exact) mass is 294 g/mol. The molecule has 1 heterocycles. The van der Waals surface area contributed by atoms with Crippen LogP contribution in [-0.4, -0.2) is 71.1 Å². The summed E-state index contributed by atoms with van der Waals surface area (Å²) in [5.41, 5.74) is 0. The van der Waals surface area contributed by atoms with Gasteiger partial charge in [0.2, 0.25) is 10.0 Å². The number of piperidine rings is 1. The molecular weight excluding hydrogens is 268 g/mol. The van der Waals surface area contributed by atoms with Gasteiger partial charge < -0.3 is 14.8 Å². The number of methoxy groups -OCH3 is 2. The second kappa shape index (κ2) is 8.16. The summed E-state index contributed by atoms with van der Waals surface area (Å²) in [6.07, 6.45) is 1.34. The van der Waals surface area contributed by atoms with Crippen LogP contribution in [0, 0.1) is 0 Å². The summed E-state index contributed by atoms with van der Waals surface area (Å²) in [6, 6.07) is -0.167. The highest BCUT2D eigenvalue weighted by molar-refractivity contribution is 7.89. The molecule has 1 unspecified atom stereocenters. The number of hydrogen-bond donors (Lipinski definition) is 1. The zero-order valence-corrected chi connectivity index (χ0v) is 12.9. The maximum Gasteiger partial charge on any atom is 0.217 e. The lowest BCUT2D eigenvalue weighted by atomic mass is 10.2. The van der Waals surface area contributed by atoms with Gasteiger partial charge in [-0.2, -0.15) is 4.31 Å². The molecule has 0 saturated carbocycles. The van der Waals surface area contributed by atoms with E-state index in [1.54, 1.807) is 14.2 Å². The molecule has 1 fully saturated rings. The van der Waals surface area contributed by atoms with Crippen molar-refractivity contribution in [3.8, 4) is 0 Å². The van der Waals surface area contributed by atoms with Crippen molar-refractivity contribution >= 4 is 10.0 Å². The molecule has 0 aliphatic carbocycles. The highest BCUT2D eigenvalue weighted by Crippen LogP contribution is 2.20. The fourth-order valence-electron chi connectivity index (χ4n) is 2.39. The van der Waals surface area contributed by atoms with Gasteiger partial charge in [0.05, 0.1) is 18.5 Å². The van der Waals surface area contributed by atoms with Crippen molar-refractivity contribution < 1.29 is 17.9 Å². The van der Waals surface area contributed by atoms with Crippen molar-refractivity contribution in [3.63, 3.8) is 0 Å². The average Bonchev–Trinajstić information content (AvgIpc) is 2.40. The average molecular weight is 294 g/mol. The molecule has 0 spiro atoms. The lowest BCUT2D eigenvalue weighted by molar-refractivity contribution is 0.118. The Kier molecular flexibility index (Phi) is 7.23. The second-order valence-corrected chi connectivity index (χ2v) is 7.07. The van der Waals surface area contributed by atoms with Crippen LogP contribution in [0.25, 0.3) is 0 Å². The van der Waals surface area contributed by atoms with Crippen molar-refractivity contribution in [2.45, 2.75) is 31.1 Å². The highest BCUT2D eigenvalue weighted by atomic mass is 32.2. The summed E-state index contributed by atoms with van der Waals surface area (Å²) >= 11 is 0. The molecule has 0 aromatic carbocycles. The fourth-order valence-corrected chi connectivity index (χ4v) is 4.49. The quantitative estimate of drug-likeness (QED) is 0.685. The summed E-state index contributed by atoms with van der Waals surface area (Å²) in [5, 5.41) is 2.90. The minimum Gasteiger partial charge on any atom is -0.383 e. The first-order chi connectivity index (χ1) is 9.04. The smallest absolute Gasteiger partial charge is 0.217 e. The fraction of sp³-hybridized carbons (Fsp3) is 1.00. The van der Waals surface area contributed by atoms with E-state index in [-0.39, 0.29) is 11.3 Å². The predicted octanol–water partition coefficient (Wildman–Crippen LogP) is 0.0515. The Balaban J connectivity index is 2.80. The number of rotatable bonds is 8. The molecule has 0 aromatic rings. The molecule has 6 nitrogen and oxygen atoms in total. The standard InChI is InChI=1S/C12H26N2O4S/c1-11(10-18-3)14(8-9-17-2)19(15,16)12-4-6-13-7-5-12/h11-13H,4-10H2,1-3H3. The molecule has 1 atom stereocenters. The SMILES string of the molecule is COCCN(C(C)COC)S(=O)(=O)C1CCNCC1. The van der Waals surface area contributed by atoms with Crippen molar-refractivity contribution in [2.24, 2.45) is 0 Å². The van der Waals surface area contributed by atoms with Crippen molar-refractivity contribution in [3.05, 3.63) is 0 Å². The van der Waals surface area contributed by atoms with Gasteiger partial charge in [-0.15, -0.1) is 0 Å². The Morgan fingerprint density at radius 2 is 1.89 bits per heavy atom. The van der Waals surface area contributed by atoms with Crippen LogP contribution < -0.4 is 5.32 Å². The molecule has 1 rings (SSSR count). The topological polar surface area (TPSA) is 67.9 Å². The third-order valence-electron chi connectivity index (χ3n) is 3.45. The zero-order valence-electron chi connectivity index (χ0n) is 12.1. The lowest BCUT2D eigenvalue weighted by Crippen LogP contribution is -2.49. The second-order valence-electron chi connectivity index (χ2n) is 4.90. The minimum atomic E-state index is -3.28. The minimum absolute atomic E-state index is 0.167. The van der Waals surface area contributed by atoms with Gasteiger partial charge in [0, 0.05) is 26.8 Å². The molecule has 114 valence electrons. The van der Waals surface area contributed by atoms with Crippen molar-refractivity contribution in [1.29, 1.82) is 0 Å². The largest absolute Gasteiger partial charge is 0.383 e. The van der Waals surface area contributed by atoms with E-state index in [9.17, 15) is 8.42 Å². The van der Waals surface area contributed by atoms with Crippen LogP contribution in [0.15, 0.2) is 0 Å². The maximum atomic E-state index is 12.7. The first kappa shape index (κ1) is 16.8. The van der Waals surface area contributed by atoms with Crippen LogP contribution in [0.3, 0.4) is 0 Å². The first-order valence-corrected chi connectivity index (χ1v) is 8.23.